The van der Waals surface area contributed by atoms with Crippen LogP contribution in [-0.4, -0.2) is 29.7 Å². The summed E-state index contributed by atoms with van der Waals surface area (Å²) in [5.41, 5.74) is 2.72. The zero-order chi connectivity index (χ0) is 22.3. The van der Waals surface area contributed by atoms with Crippen LogP contribution in [-0.2, 0) is 0 Å². The summed E-state index contributed by atoms with van der Waals surface area (Å²) in [5, 5.41) is 11.4. The third-order valence-electron chi connectivity index (χ3n) is 5.71. The van der Waals surface area contributed by atoms with Crippen molar-refractivity contribution in [1.29, 1.82) is 0 Å². The lowest BCUT2D eigenvalue weighted by Gasteiger charge is -2.30. The summed E-state index contributed by atoms with van der Waals surface area (Å²) in [7, 11) is 0. The van der Waals surface area contributed by atoms with E-state index >= 15 is 0 Å². The van der Waals surface area contributed by atoms with Gasteiger partial charge in [0.05, 0.1) is 12.1 Å². The van der Waals surface area contributed by atoms with Crippen LogP contribution in [0.1, 0.15) is 39.0 Å². The van der Waals surface area contributed by atoms with Gasteiger partial charge in [-0.25, -0.2) is 4.79 Å². The van der Waals surface area contributed by atoms with Crippen LogP contribution in [0.4, 0.5) is 16.2 Å². The van der Waals surface area contributed by atoms with E-state index in [-0.39, 0.29) is 12.1 Å². The maximum atomic E-state index is 12.4. The number of hydrogen-bond acceptors (Lipinski definition) is 4. The Morgan fingerprint density at radius 3 is 2.56 bits per heavy atom. The van der Waals surface area contributed by atoms with Gasteiger partial charge in [-0.15, -0.1) is 0 Å². The summed E-state index contributed by atoms with van der Waals surface area (Å²) in [4.78, 5) is 16.8. The van der Waals surface area contributed by atoms with E-state index in [0.717, 1.165) is 60.1 Å². The molecule has 1 aliphatic rings. The van der Waals surface area contributed by atoms with E-state index in [1.54, 1.807) is 6.20 Å². The van der Waals surface area contributed by atoms with Crippen molar-refractivity contribution in [1.82, 2.24) is 10.3 Å². The molecule has 4 rings (SSSR count). The van der Waals surface area contributed by atoms with Crippen LogP contribution >= 0.6 is 11.6 Å². The first-order chi connectivity index (χ1) is 15.6. The van der Waals surface area contributed by atoms with Gasteiger partial charge in [-0.2, -0.15) is 0 Å². The number of fused-ring (bicyclic) bond motifs is 1. The molecule has 1 heterocycles. The lowest BCUT2D eigenvalue weighted by atomic mass is 9.91. The van der Waals surface area contributed by atoms with Crippen LogP contribution in [0.25, 0.3) is 10.9 Å². The van der Waals surface area contributed by atoms with Crippen molar-refractivity contribution in [3.63, 3.8) is 0 Å². The number of amides is 2. The quantitative estimate of drug-likeness (QED) is 0.397. The van der Waals surface area contributed by atoms with Gasteiger partial charge in [0.2, 0.25) is 0 Å². The minimum atomic E-state index is -0.166. The van der Waals surface area contributed by atoms with Crippen molar-refractivity contribution in [2.75, 3.05) is 17.2 Å². The fourth-order valence-corrected chi connectivity index (χ4v) is 4.22. The number of benzene rings is 2. The molecule has 2 amide bonds. The number of pyridine rings is 1. The molecule has 0 aliphatic heterocycles. The molecule has 2 aromatic carbocycles. The van der Waals surface area contributed by atoms with E-state index in [1.165, 1.54) is 0 Å². The molecule has 3 N–H and O–H groups in total. The van der Waals surface area contributed by atoms with Crippen LogP contribution < -0.4 is 20.7 Å². The third kappa shape index (κ3) is 5.82. The van der Waals surface area contributed by atoms with Crippen molar-refractivity contribution in [2.45, 2.75) is 51.1 Å². The molecule has 3 aromatic rings. The van der Waals surface area contributed by atoms with E-state index < -0.39 is 0 Å². The van der Waals surface area contributed by atoms with Gasteiger partial charge in [-0.3, -0.25) is 4.98 Å². The molecular formula is C25H29ClN4O2. The zero-order valence-corrected chi connectivity index (χ0v) is 19.0. The Hall–Kier alpha value is -2.99. The number of carbonyl (C=O) groups is 1. The summed E-state index contributed by atoms with van der Waals surface area (Å²) in [5.74, 6) is 0.814. The van der Waals surface area contributed by atoms with E-state index in [4.69, 9.17) is 16.3 Å². The number of nitrogens with zero attached hydrogens (tertiary/aromatic N) is 1. The van der Waals surface area contributed by atoms with Crippen molar-refractivity contribution in [3.8, 4) is 5.75 Å². The Bertz CT molecular complexity index is 1050. The molecule has 0 atom stereocenters. The molecule has 6 nitrogen and oxygen atoms in total. The van der Waals surface area contributed by atoms with Crippen LogP contribution in [0.2, 0.25) is 5.02 Å². The molecule has 1 aliphatic carbocycles. The Balaban J connectivity index is 1.25. The highest BCUT2D eigenvalue weighted by molar-refractivity contribution is 6.31. The largest absolute Gasteiger partial charge is 0.494 e. The molecule has 0 radical (unpaired) electrons. The van der Waals surface area contributed by atoms with E-state index in [0.29, 0.717) is 17.7 Å². The highest BCUT2D eigenvalue weighted by Crippen LogP contribution is 2.28. The molecule has 0 bridgehead atoms. The van der Waals surface area contributed by atoms with Gasteiger partial charge in [0.1, 0.15) is 5.75 Å². The molecule has 1 aromatic heterocycles. The molecule has 0 spiro atoms. The predicted molar refractivity (Wildman–Crippen MR) is 131 cm³/mol. The topological polar surface area (TPSA) is 75.3 Å². The zero-order valence-electron chi connectivity index (χ0n) is 18.2. The van der Waals surface area contributed by atoms with Gasteiger partial charge >= 0.3 is 6.03 Å². The van der Waals surface area contributed by atoms with Crippen molar-refractivity contribution >= 4 is 39.9 Å². The van der Waals surface area contributed by atoms with Crippen LogP contribution in [0.5, 0.6) is 5.75 Å². The number of nitrogens with one attached hydrogen (secondary N) is 3. The molecule has 32 heavy (non-hydrogen) atoms. The van der Waals surface area contributed by atoms with Crippen LogP contribution in [0.3, 0.4) is 0 Å². The number of urea groups is 1. The average molecular weight is 453 g/mol. The van der Waals surface area contributed by atoms with Crippen LogP contribution in [0.15, 0.2) is 54.7 Å². The Labute approximate surface area is 193 Å². The monoisotopic (exact) mass is 452 g/mol. The van der Waals surface area contributed by atoms with Crippen molar-refractivity contribution in [2.24, 2.45) is 0 Å². The Kier molecular flexibility index (Phi) is 7.32. The number of carbonyl (C=O) groups excluding carboxylic acids is 1. The van der Waals surface area contributed by atoms with Crippen molar-refractivity contribution in [3.05, 3.63) is 59.8 Å². The normalized spacial score (nSPS) is 18.2. The second-order valence-electron chi connectivity index (χ2n) is 8.18. The molecule has 0 unspecified atom stereocenters. The number of halogens is 1. The molecule has 1 fully saturated rings. The van der Waals surface area contributed by atoms with E-state index in [1.807, 2.05) is 48.5 Å². The second-order valence-corrected chi connectivity index (χ2v) is 8.62. The minimum Gasteiger partial charge on any atom is -0.494 e. The van der Waals surface area contributed by atoms with E-state index in [9.17, 15) is 4.79 Å². The number of aromatic nitrogens is 1. The lowest BCUT2D eigenvalue weighted by molar-refractivity contribution is 0.243. The molecule has 0 saturated heterocycles. The van der Waals surface area contributed by atoms with Crippen LogP contribution in [0, 0.1) is 0 Å². The van der Waals surface area contributed by atoms with Gasteiger partial charge in [-0.1, -0.05) is 18.5 Å². The first kappa shape index (κ1) is 22.2. The van der Waals surface area contributed by atoms with Gasteiger partial charge in [-0.05, 0) is 80.6 Å². The van der Waals surface area contributed by atoms with Gasteiger partial charge in [0.15, 0.2) is 0 Å². The first-order valence-corrected chi connectivity index (χ1v) is 11.6. The highest BCUT2D eigenvalue weighted by Gasteiger charge is 2.23. The molecule has 168 valence electrons. The highest BCUT2D eigenvalue weighted by atomic mass is 35.5. The SMILES string of the molecule is CCCOc1ccc(NC(=O)N[C@H]2CC[C@@H](Nc3ccnc4cc(Cl)ccc34)CC2)cc1. The summed E-state index contributed by atoms with van der Waals surface area (Å²) in [6.45, 7) is 2.76. The fourth-order valence-electron chi connectivity index (χ4n) is 4.06. The van der Waals surface area contributed by atoms with Gasteiger partial charge in [0.25, 0.3) is 0 Å². The number of hydrogen-bond donors (Lipinski definition) is 3. The molecular weight excluding hydrogens is 424 g/mol. The maximum Gasteiger partial charge on any atom is 0.319 e. The molecule has 7 heteroatoms. The molecule has 1 saturated carbocycles. The number of ether oxygens (including phenoxy) is 1. The van der Waals surface area contributed by atoms with Gasteiger partial charge in [0, 0.05) is 40.1 Å². The number of anilines is 2. The lowest BCUT2D eigenvalue weighted by Crippen LogP contribution is -2.42. The second kappa shape index (κ2) is 10.6. The summed E-state index contributed by atoms with van der Waals surface area (Å²) in [6.07, 6.45) is 6.63. The Morgan fingerprint density at radius 2 is 1.81 bits per heavy atom. The number of rotatable bonds is 7. The van der Waals surface area contributed by atoms with Crippen molar-refractivity contribution < 1.29 is 9.53 Å². The van der Waals surface area contributed by atoms with Gasteiger partial charge < -0.3 is 20.7 Å². The Morgan fingerprint density at radius 1 is 1.06 bits per heavy atom. The third-order valence-corrected chi connectivity index (χ3v) is 5.95. The predicted octanol–water partition coefficient (Wildman–Crippen LogP) is 6.22. The summed E-state index contributed by atoms with van der Waals surface area (Å²) < 4.78 is 5.57. The smallest absolute Gasteiger partial charge is 0.319 e. The van der Waals surface area contributed by atoms with E-state index in [2.05, 4.69) is 27.9 Å². The average Bonchev–Trinajstić information content (AvgIpc) is 2.80. The summed E-state index contributed by atoms with van der Waals surface area (Å²) in [6, 6.07) is 15.6. The maximum absolute atomic E-state index is 12.4. The minimum absolute atomic E-state index is 0.166. The first-order valence-electron chi connectivity index (χ1n) is 11.2. The summed E-state index contributed by atoms with van der Waals surface area (Å²) >= 11 is 6.09. The fraction of sp³-hybridized carbons (Fsp3) is 0.360. The standard InChI is InChI=1S/C25H29ClN4O2/c1-2-15-32-21-10-8-20(9-11-21)30-25(31)29-19-6-4-18(5-7-19)28-23-13-14-27-24-16-17(26)3-12-22(23)24/h3,8-14,16,18-19H,2,4-7,15H2,1H3,(H,27,28)(H2,29,30,31)/t18-,19+.